The normalized spacial score (nSPS) is 20.2. The van der Waals surface area contributed by atoms with Gasteiger partial charge < -0.3 is 10.1 Å². The molecule has 26 heavy (non-hydrogen) atoms. The van der Waals surface area contributed by atoms with Gasteiger partial charge in [-0.15, -0.1) is 0 Å². The van der Waals surface area contributed by atoms with Gasteiger partial charge in [-0.1, -0.05) is 0 Å². The second-order valence-corrected chi connectivity index (χ2v) is 6.66. The molecule has 1 saturated carbocycles. The van der Waals surface area contributed by atoms with Gasteiger partial charge in [0.2, 0.25) is 0 Å². The van der Waals surface area contributed by atoms with E-state index in [1.807, 2.05) is 19.1 Å². The van der Waals surface area contributed by atoms with Crippen molar-refractivity contribution in [3.8, 4) is 5.75 Å². The van der Waals surface area contributed by atoms with Crippen LogP contribution in [0.5, 0.6) is 5.75 Å². The molecule has 0 bridgehead atoms. The first-order valence-electron chi connectivity index (χ1n) is 8.81. The Morgan fingerprint density at radius 3 is 2.62 bits per heavy atom. The number of aromatic nitrogens is 2. The minimum Gasteiger partial charge on any atom is -0.489 e. The highest BCUT2D eigenvalue weighted by Crippen LogP contribution is 2.26. The average Bonchev–Trinajstić information content (AvgIpc) is 3.00. The lowest BCUT2D eigenvalue weighted by Crippen LogP contribution is -2.40. The van der Waals surface area contributed by atoms with Crippen molar-refractivity contribution < 1.29 is 18.3 Å². The Hall–Kier alpha value is -2.44. The molecule has 1 N–H and O–H groups in total. The maximum absolute atomic E-state index is 13.1. The van der Waals surface area contributed by atoms with Crippen LogP contribution in [0.3, 0.4) is 0 Å². The van der Waals surface area contributed by atoms with Crippen LogP contribution in [0.25, 0.3) is 0 Å². The molecule has 2 aromatic rings. The number of alkyl halides is 2. The average molecular weight is 363 g/mol. The predicted molar refractivity (Wildman–Crippen MR) is 93.5 cm³/mol. The summed E-state index contributed by atoms with van der Waals surface area (Å²) in [6, 6.07) is 6.68. The summed E-state index contributed by atoms with van der Waals surface area (Å²) in [5, 5.41) is 2.88. The zero-order chi connectivity index (χ0) is 18.7. The van der Waals surface area contributed by atoms with E-state index in [-0.39, 0.29) is 17.8 Å². The lowest BCUT2D eigenvalue weighted by molar-refractivity contribution is 0.0607. The number of halogens is 2. The molecule has 140 valence electrons. The molecule has 1 aliphatic rings. The van der Waals surface area contributed by atoms with Gasteiger partial charge in [0.05, 0.1) is 11.8 Å². The summed E-state index contributed by atoms with van der Waals surface area (Å²) >= 11 is 0. The number of hydrogen-bond acceptors (Lipinski definition) is 3. The van der Waals surface area contributed by atoms with Crippen molar-refractivity contribution in [2.24, 2.45) is 0 Å². The van der Waals surface area contributed by atoms with E-state index in [0.29, 0.717) is 5.69 Å². The molecule has 0 atom stereocenters. The Kier molecular flexibility index (Phi) is 5.54. The van der Waals surface area contributed by atoms with Crippen LogP contribution in [0.4, 0.5) is 8.78 Å². The molecule has 7 heteroatoms. The molecule has 1 aliphatic carbocycles. The van der Waals surface area contributed by atoms with Gasteiger partial charge in [-0.05, 0) is 63.8 Å². The number of ether oxygens (including phenoxy) is 1. The first-order valence-corrected chi connectivity index (χ1v) is 8.81. The SMILES string of the molecule is Cc1ncccc1OC1CCC(NC(=O)c2ccc(C)n2C(F)F)CC1. The molecule has 0 aliphatic heterocycles. The first-order chi connectivity index (χ1) is 12.5. The third kappa shape index (κ3) is 4.03. The van der Waals surface area contributed by atoms with E-state index in [1.54, 1.807) is 13.1 Å². The second-order valence-electron chi connectivity index (χ2n) is 6.66. The number of hydrogen-bond donors (Lipinski definition) is 1. The minimum atomic E-state index is -2.72. The van der Waals surface area contributed by atoms with E-state index in [2.05, 4.69) is 10.3 Å². The molecule has 1 amide bonds. The van der Waals surface area contributed by atoms with E-state index in [1.165, 1.54) is 12.1 Å². The van der Waals surface area contributed by atoms with Gasteiger partial charge in [-0.25, -0.2) is 0 Å². The fourth-order valence-corrected chi connectivity index (χ4v) is 3.35. The van der Waals surface area contributed by atoms with Gasteiger partial charge in [-0.3, -0.25) is 14.3 Å². The Labute approximate surface area is 151 Å². The number of nitrogens with zero attached hydrogens (tertiary/aromatic N) is 2. The van der Waals surface area contributed by atoms with Crippen molar-refractivity contribution in [1.82, 2.24) is 14.9 Å². The quantitative estimate of drug-likeness (QED) is 0.873. The molecular formula is C19H23F2N3O2. The lowest BCUT2D eigenvalue weighted by atomic mass is 9.93. The van der Waals surface area contributed by atoms with Crippen LogP contribution >= 0.6 is 0 Å². The van der Waals surface area contributed by atoms with Gasteiger partial charge in [0.1, 0.15) is 11.4 Å². The van der Waals surface area contributed by atoms with Crippen molar-refractivity contribution in [3.05, 3.63) is 47.5 Å². The summed E-state index contributed by atoms with van der Waals surface area (Å²) < 4.78 is 33.0. The molecule has 2 heterocycles. The van der Waals surface area contributed by atoms with Crippen molar-refractivity contribution in [2.45, 2.75) is 58.2 Å². The monoisotopic (exact) mass is 363 g/mol. The van der Waals surface area contributed by atoms with Crippen molar-refractivity contribution in [1.29, 1.82) is 0 Å². The maximum Gasteiger partial charge on any atom is 0.319 e. The largest absolute Gasteiger partial charge is 0.489 e. The topological polar surface area (TPSA) is 56.1 Å². The molecule has 5 nitrogen and oxygen atoms in total. The molecule has 0 saturated heterocycles. The zero-order valence-electron chi connectivity index (χ0n) is 14.9. The number of nitrogens with one attached hydrogen (secondary N) is 1. The predicted octanol–water partition coefficient (Wildman–Crippen LogP) is 4.02. The Bertz CT molecular complexity index is 768. The van der Waals surface area contributed by atoms with Crippen LogP contribution in [0.1, 0.15) is 54.1 Å². The lowest BCUT2D eigenvalue weighted by Gasteiger charge is -2.29. The summed E-state index contributed by atoms with van der Waals surface area (Å²) in [5.41, 5.74) is 1.22. The van der Waals surface area contributed by atoms with E-state index >= 15 is 0 Å². The Balaban J connectivity index is 1.54. The smallest absolute Gasteiger partial charge is 0.319 e. The van der Waals surface area contributed by atoms with E-state index in [4.69, 9.17) is 4.74 Å². The highest BCUT2D eigenvalue weighted by atomic mass is 19.3. The summed E-state index contributed by atoms with van der Waals surface area (Å²) in [4.78, 5) is 16.6. The maximum atomic E-state index is 13.1. The first kappa shape index (κ1) is 18.4. The molecule has 0 radical (unpaired) electrons. The van der Waals surface area contributed by atoms with Crippen molar-refractivity contribution >= 4 is 5.91 Å². The number of rotatable bonds is 5. The fraction of sp³-hybridized carbons (Fsp3) is 0.474. The summed E-state index contributed by atoms with van der Waals surface area (Å²) in [7, 11) is 0. The Morgan fingerprint density at radius 1 is 1.23 bits per heavy atom. The summed E-state index contributed by atoms with van der Waals surface area (Å²) in [6.07, 6.45) is 4.92. The third-order valence-electron chi connectivity index (χ3n) is 4.81. The van der Waals surface area contributed by atoms with Crippen LogP contribution in [-0.4, -0.2) is 27.6 Å². The van der Waals surface area contributed by atoms with Gasteiger partial charge in [0.15, 0.2) is 0 Å². The molecule has 0 spiro atoms. The van der Waals surface area contributed by atoms with Gasteiger partial charge >= 0.3 is 6.55 Å². The van der Waals surface area contributed by atoms with Gasteiger partial charge in [-0.2, -0.15) is 8.78 Å². The number of carbonyl (C=O) groups is 1. The van der Waals surface area contributed by atoms with Crippen LogP contribution in [0.2, 0.25) is 0 Å². The van der Waals surface area contributed by atoms with Crippen LogP contribution in [0, 0.1) is 13.8 Å². The Morgan fingerprint density at radius 2 is 1.96 bits per heavy atom. The summed E-state index contributed by atoms with van der Waals surface area (Å²) in [6.45, 7) is 0.741. The highest BCUT2D eigenvalue weighted by molar-refractivity contribution is 5.93. The van der Waals surface area contributed by atoms with E-state index in [9.17, 15) is 13.6 Å². The number of pyridine rings is 1. The minimum absolute atomic E-state index is 0.00172. The van der Waals surface area contributed by atoms with Gasteiger partial charge in [0.25, 0.3) is 5.91 Å². The molecule has 3 rings (SSSR count). The van der Waals surface area contributed by atoms with Crippen molar-refractivity contribution in [3.63, 3.8) is 0 Å². The van der Waals surface area contributed by atoms with E-state index in [0.717, 1.165) is 41.7 Å². The molecule has 1 fully saturated rings. The summed E-state index contributed by atoms with van der Waals surface area (Å²) in [5.74, 6) is 0.330. The second kappa shape index (κ2) is 7.85. The van der Waals surface area contributed by atoms with Crippen LogP contribution in [-0.2, 0) is 0 Å². The fourth-order valence-electron chi connectivity index (χ4n) is 3.35. The zero-order valence-corrected chi connectivity index (χ0v) is 14.9. The van der Waals surface area contributed by atoms with E-state index < -0.39 is 12.5 Å². The molecule has 0 unspecified atom stereocenters. The molecule has 0 aromatic carbocycles. The molecular weight excluding hydrogens is 340 g/mol. The van der Waals surface area contributed by atoms with Gasteiger partial charge in [0, 0.05) is 17.9 Å². The third-order valence-corrected chi connectivity index (χ3v) is 4.81. The number of aryl methyl sites for hydroxylation is 2. The van der Waals surface area contributed by atoms with Crippen molar-refractivity contribution in [2.75, 3.05) is 0 Å². The number of amides is 1. The van der Waals surface area contributed by atoms with Crippen LogP contribution < -0.4 is 10.1 Å². The molecule has 2 aromatic heterocycles. The standard InChI is InChI=1S/C19H23F2N3O2/c1-12-5-10-16(24(12)19(20)21)18(25)23-14-6-8-15(9-7-14)26-17-4-3-11-22-13(17)2/h3-5,10-11,14-15,19H,6-9H2,1-2H3,(H,23,25). The number of carbonyl (C=O) groups excluding carboxylic acids is 1. The van der Waals surface area contributed by atoms with Crippen LogP contribution in [0.15, 0.2) is 30.5 Å². The highest BCUT2D eigenvalue weighted by Gasteiger charge is 2.26.